The van der Waals surface area contributed by atoms with Crippen molar-refractivity contribution in [1.29, 1.82) is 0 Å². The van der Waals surface area contributed by atoms with Crippen molar-refractivity contribution < 1.29 is 4.79 Å². The Morgan fingerprint density at radius 1 is 1.38 bits per heavy atom. The van der Waals surface area contributed by atoms with E-state index in [4.69, 9.17) is 11.6 Å². The fourth-order valence-electron chi connectivity index (χ4n) is 0.943. The van der Waals surface area contributed by atoms with Crippen molar-refractivity contribution >= 4 is 17.5 Å². The highest BCUT2D eigenvalue weighted by Gasteiger charge is 1.97. The van der Waals surface area contributed by atoms with E-state index >= 15 is 0 Å². The summed E-state index contributed by atoms with van der Waals surface area (Å²) >= 11 is 5.42. The fraction of sp³-hybridized carbons (Fsp3) is 0.700. The number of nitrogens with one attached hydrogen (secondary N) is 1. The highest BCUT2D eigenvalue weighted by Crippen LogP contribution is 1.97. The Bertz CT molecular complexity index is 157. The summed E-state index contributed by atoms with van der Waals surface area (Å²) in [7, 11) is 0. The molecule has 13 heavy (non-hydrogen) atoms. The quantitative estimate of drug-likeness (QED) is 0.385. The Morgan fingerprint density at radius 2 is 2.15 bits per heavy atom. The minimum absolute atomic E-state index is 0.132. The van der Waals surface area contributed by atoms with Gasteiger partial charge in [0.05, 0.1) is 0 Å². The van der Waals surface area contributed by atoms with Crippen LogP contribution in [0.3, 0.4) is 0 Å². The Hall–Kier alpha value is -0.500. The van der Waals surface area contributed by atoms with Gasteiger partial charge in [-0.3, -0.25) is 4.79 Å². The molecule has 0 rings (SSSR count). The van der Waals surface area contributed by atoms with Crippen molar-refractivity contribution in [3.05, 3.63) is 12.2 Å². The van der Waals surface area contributed by atoms with Gasteiger partial charge in [-0.25, -0.2) is 0 Å². The van der Waals surface area contributed by atoms with Gasteiger partial charge in [0.15, 0.2) is 0 Å². The van der Waals surface area contributed by atoms with Crippen molar-refractivity contribution in [3.8, 4) is 0 Å². The second kappa shape index (κ2) is 9.59. The lowest BCUT2D eigenvalue weighted by Gasteiger charge is -2.00. The second-order valence-electron chi connectivity index (χ2n) is 2.89. The predicted molar refractivity (Wildman–Crippen MR) is 57.0 cm³/mol. The van der Waals surface area contributed by atoms with Gasteiger partial charge in [0.1, 0.15) is 0 Å². The topological polar surface area (TPSA) is 29.1 Å². The maximum atomic E-state index is 11.1. The lowest BCUT2D eigenvalue weighted by Crippen LogP contribution is -2.22. The molecule has 1 amide bonds. The maximum absolute atomic E-state index is 11.1. The monoisotopic (exact) mass is 203 g/mol. The van der Waals surface area contributed by atoms with E-state index < -0.39 is 0 Å². The largest absolute Gasteiger partial charge is 0.353 e. The molecule has 1 N–H and O–H groups in total. The number of hydrogen-bond donors (Lipinski definition) is 1. The maximum Gasteiger partial charge on any atom is 0.220 e. The molecule has 0 aromatic heterocycles. The van der Waals surface area contributed by atoms with Crippen LogP contribution in [0.1, 0.15) is 32.6 Å². The van der Waals surface area contributed by atoms with Gasteiger partial charge >= 0.3 is 0 Å². The van der Waals surface area contributed by atoms with Crippen molar-refractivity contribution in [2.45, 2.75) is 32.6 Å². The Labute approximate surface area is 85.3 Å². The van der Waals surface area contributed by atoms with Crippen molar-refractivity contribution in [3.63, 3.8) is 0 Å². The van der Waals surface area contributed by atoms with Gasteiger partial charge in [-0.1, -0.05) is 31.9 Å². The first kappa shape index (κ1) is 12.5. The summed E-state index contributed by atoms with van der Waals surface area (Å²) in [6.45, 7) is 2.72. The molecule has 0 aliphatic carbocycles. The van der Waals surface area contributed by atoms with Crippen LogP contribution in [0.5, 0.6) is 0 Å². The summed E-state index contributed by atoms with van der Waals surface area (Å²) in [6.07, 6.45) is 7.60. The van der Waals surface area contributed by atoms with Crippen LogP contribution in [0.25, 0.3) is 0 Å². The van der Waals surface area contributed by atoms with Gasteiger partial charge in [-0.2, -0.15) is 0 Å². The lowest BCUT2D eigenvalue weighted by molar-refractivity contribution is -0.120. The van der Waals surface area contributed by atoms with Crippen molar-refractivity contribution in [2.24, 2.45) is 0 Å². The summed E-state index contributed by atoms with van der Waals surface area (Å²) in [5.74, 6) is 0.638. The molecule has 0 unspecified atom stereocenters. The van der Waals surface area contributed by atoms with Crippen LogP contribution in [0.15, 0.2) is 12.2 Å². The number of allylic oxidation sites excluding steroid dienone is 1. The van der Waals surface area contributed by atoms with Gasteiger partial charge in [0.2, 0.25) is 5.91 Å². The summed E-state index contributed by atoms with van der Waals surface area (Å²) < 4.78 is 0. The molecule has 0 aliphatic heterocycles. The van der Waals surface area contributed by atoms with Gasteiger partial charge in [-0.05, 0) is 6.42 Å². The lowest BCUT2D eigenvalue weighted by atomic mass is 10.2. The first-order valence-corrected chi connectivity index (χ1v) is 5.32. The van der Waals surface area contributed by atoms with Gasteiger partial charge < -0.3 is 5.32 Å². The molecule has 2 nitrogen and oxygen atoms in total. The van der Waals surface area contributed by atoms with Gasteiger partial charge in [-0.15, -0.1) is 11.6 Å². The van der Waals surface area contributed by atoms with E-state index in [-0.39, 0.29) is 5.91 Å². The first-order chi connectivity index (χ1) is 6.31. The number of unbranched alkanes of at least 4 members (excludes halogenated alkanes) is 2. The minimum atomic E-state index is 0.132. The SMILES string of the molecule is CCCCCC(=O)NC/C=C/CCl. The number of halogens is 1. The summed E-state index contributed by atoms with van der Waals surface area (Å²) in [6, 6.07) is 0. The first-order valence-electron chi connectivity index (χ1n) is 4.79. The summed E-state index contributed by atoms with van der Waals surface area (Å²) in [5.41, 5.74) is 0. The molecule has 0 radical (unpaired) electrons. The molecule has 0 aromatic rings. The van der Waals surface area contributed by atoms with Crippen LogP contribution in [0.2, 0.25) is 0 Å². The van der Waals surface area contributed by atoms with Crippen LogP contribution in [-0.4, -0.2) is 18.3 Å². The zero-order valence-electron chi connectivity index (χ0n) is 8.18. The van der Waals surface area contributed by atoms with Crippen LogP contribution in [0, 0.1) is 0 Å². The highest BCUT2D eigenvalue weighted by molar-refractivity contribution is 6.18. The van der Waals surface area contributed by atoms with Crippen LogP contribution in [0.4, 0.5) is 0 Å². The standard InChI is InChI=1S/C10H18ClNO/c1-2-3-4-7-10(13)12-9-6-5-8-11/h5-6H,2-4,7-9H2,1H3,(H,12,13)/b6-5+. The van der Waals surface area contributed by atoms with E-state index in [1.165, 1.54) is 0 Å². The van der Waals surface area contributed by atoms with Gasteiger partial charge in [0.25, 0.3) is 0 Å². The third kappa shape index (κ3) is 9.41. The summed E-state index contributed by atoms with van der Waals surface area (Å²) in [5, 5.41) is 2.79. The number of hydrogen-bond acceptors (Lipinski definition) is 1. The molecule has 3 heteroatoms. The van der Waals surface area contributed by atoms with Crippen molar-refractivity contribution in [2.75, 3.05) is 12.4 Å². The molecular formula is C10H18ClNO. The molecule has 0 saturated heterocycles. The zero-order valence-corrected chi connectivity index (χ0v) is 8.94. The van der Waals surface area contributed by atoms with Gasteiger partial charge in [0, 0.05) is 18.8 Å². The average molecular weight is 204 g/mol. The Morgan fingerprint density at radius 3 is 2.77 bits per heavy atom. The van der Waals surface area contributed by atoms with E-state index in [0.717, 1.165) is 19.3 Å². The van der Waals surface area contributed by atoms with E-state index in [2.05, 4.69) is 12.2 Å². The Kier molecular flexibility index (Phi) is 9.22. The fourth-order valence-corrected chi connectivity index (χ4v) is 1.07. The zero-order chi connectivity index (χ0) is 9.94. The second-order valence-corrected chi connectivity index (χ2v) is 3.20. The van der Waals surface area contributed by atoms with Crippen LogP contribution >= 0.6 is 11.6 Å². The van der Waals surface area contributed by atoms with E-state index in [9.17, 15) is 4.79 Å². The molecule has 0 heterocycles. The highest BCUT2D eigenvalue weighted by atomic mass is 35.5. The number of amides is 1. The van der Waals surface area contributed by atoms with E-state index in [1.807, 2.05) is 12.2 Å². The smallest absolute Gasteiger partial charge is 0.220 e. The third-order valence-electron chi connectivity index (χ3n) is 1.68. The molecule has 76 valence electrons. The average Bonchev–Trinajstić information content (AvgIpc) is 2.13. The molecule has 0 aliphatic rings. The predicted octanol–water partition coefficient (Wildman–Crippen LogP) is 2.48. The molecule has 0 fully saturated rings. The van der Waals surface area contributed by atoms with Crippen molar-refractivity contribution in [1.82, 2.24) is 5.32 Å². The third-order valence-corrected chi connectivity index (χ3v) is 1.86. The number of carbonyl (C=O) groups is 1. The van der Waals surface area contributed by atoms with Crippen LogP contribution < -0.4 is 5.32 Å². The minimum Gasteiger partial charge on any atom is -0.353 e. The number of alkyl halides is 1. The van der Waals surface area contributed by atoms with E-state index in [0.29, 0.717) is 18.8 Å². The molecule has 0 bridgehead atoms. The number of carbonyl (C=O) groups excluding carboxylic acids is 1. The molecule has 0 aromatic carbocycles. The Balaban J connectivity index is 3.25. The molecule has 0 atom stereocenters. The molecule has 0 saturated carbocycles. The normalized spacial score (nSPS) is 10.6. The molecule has 0 spiro atoms. The van der Waals surface area contributed by atoms with E-state index in [1.54, 1.807) is 0 Å². The summed E-state index contributed by atoms with van der Waals surface area (Å²) in [4.78, 5) is 11.1. The molecular weight excluding hydrogens is 186 g/mol. The van der Waals surface area contributed by atoms with Crippen LogP contribution in [-0.2, 0) is 4.79 Å². The number of rotatable bonds is 7.